The Balaban J connectivity index is 1.59. The topological polar surface area (TPSA) is 49.4 Å². The summed E-state index contributed by atoms with van der Waals surface area (Å²) in [6.45, 7) is 2.35. The van der Waals surface area contributed by atoms with Crippen LogP contribution in [0.1, 0.15) is 58.5 Å². The highest BCUT2D eigenvalue weighted by atomic mass is 35.5. The number of thiophene rings is 1. The van der Waals surface area contributed by atoms with Crippen LogP contribution >= 0.6 is 22.9 Å². The van der Waals surface area contributed by atoms with Crippen LogP contribution < -0.4 is 5.32 Å². The number of piperidine rings is 1. The Bertz CT molecular complexity index is 869. The number of carbonyl (C=O) groups excluding carboxylic acids is 2. The van der Waals surface area contributed by atoms with Gasteiger partial charge in [0.25, 0.3) is 0 Å². The minimum atomic E-state index is -0.0238. The van der Waals surface area contributed by atoms with Crippen molar-refractivity contribution in [2.45, 2.75) is 44.9 Å². The van der Waals surface area contributed by atoms with Crippen molar-refractivity contribution < 1.29 is 9.59 Å². The third kappa shape index (κ3) is 4.32. The number of aryl methyl sites for hydroxylation is 1. The smallest absolute Gasteiger partial charge is 0.239 e. The molecule has 1 aliphatic heterocycles. The predicted molar refractivity (Wildman–Crippen MR) is 115 cm³/mol. The predicted octanol–water partition coefficient (Wildman–Crippen LogP) is 4.94. The number of ketones is 1. The van der Waals surface area contributed by atoms with Gasteiger partial charge in [-0.15, -0.1) is 11.3 Å². The number of nitrogens with one attached hydrogen (secondary N) is 1. The van der Waals surface area contributed by atoms with Crippen molar-refractivity contribution in [2.75, 3.05) is 25.0 Å². The van der Waals surface area contributed by atoms with Crippen LogP contribution in [0.4, 0.5) is 5.00 Å². The number of carbonyl (C=O) groups is 2. The number of benzene rings is 1. The van der Waals surface area contributed by atoms with Gasteiger partial charge in [0, 0.05) is 15.5 Å². The fraction of sp³-hybridized carbons (Fsp3) is 0.455. The Morgan fingerprint density at radius 3 is 2.46 bits per heavy atom. The highest BCUT2D eigenvalue weighted by Crippen LogP contribution is 2.39. The lowest BCUT2D eigenvalue weighted by molar-refractivity contribution is -0.117. The first-order chi connectivity index (χ1) is 13.6. The van der Waals surface area contributed by atoms with Crippen LogP contribution in [-0.4, -0.2) is 36.2 Å². The first-order valence-electron chi connectivity index (χ1n) is 10.1. The van der Waals surface area contributed by atoms with Gasteiger partial charge in [0.15, 0.2) is 5.78 Å². The molecule has 28 heavy (non-hydrogen) atoms. The molecule has 0 bridgehead atoms. The Labute approximate surface area is 174 Å². The zero-order chi connectivity index (χ0) is 19.5. The van der Waals surface area contributed by atoms with E-state index in [0.29, 0.717) is 27.7 Å². The van der Waals surface area contributed by atoms with Crippen molar-refractivity contribution in [3.63, 3.8) is 0 Å². The molecule has 0 atom stereocenters. The number of amides is 1. The fourth-order valence-electron chi connectivity index (χ4n) is 4.13. The number of anilines is 1. The summed E-state index contributed by atoms with van der Waals surface area (Å²) in [4.78, 5) is 29.4. The van der Waals surface area contributed by atoms with Gasteiger partial charge in [-0.2, -0.15) is 0 Å². The van der Waals surface area contributed by atoms with Crippen molar-refractivity contribution in [2.24, 2.45) is 0 Å². The highest BCUT2D eigenvalue weighted by Gasteiger charge is 2.27. The summed E-state index contributed by atoms with van der Waals surface area (Å²) >= 11 is 7.56. The Kier molecular flexibility index (Phi) is 6.14. The largest absolute Gasteiger partial charge is 0.316 e. The quantitative estimate of drug-likeness (QED) is 0.702. The lowest BCUT2D eigenvalue weighted by Gasteiger charge is -2.25. The van der Waals surface area contributed by atoms with E-state index < -0.39 is 0 Å². The van der Waals surface area contributed by atoms with Gasteiger partial charge in [0.2, 0.25) is 5.91 Å². The van der Waals surface area contributed by atoms with E-state index in [2.05, 4.69) is 10.2 Å². The average Bonchev–Trinajstić information content (AvgIpc) is 3.06. The number of halogens is 1. The average molecular weight is 417 g/mol. The molecule has 1 N–H and O–H groups in total. The molecule has 0 radical (unpaired) electrons. The maximum Gasteiger partial charge on any atom is 0.239 e. The van der Waals surface area contributed by atoms with E-state index in [4.69, 9.17) is 11.6 Å². The van der Waals surface area contributed by atoms with Gasteiger partial charge in [0.1, 0.15) is 5.00 Å². The lowest BCUT2D eigenvalue weighted by Crippen LogP contribution is -2.36. The zero-order valence-corrected chi connectivity index (χ0v) is 17.5. The van der Waals surface area contributed by atoms with Crippen molar-refractivity contribution >= 4 is 39.6 Å². The Morgan fingerprint density at radius 2 is 1.71 bits per heavy atom. The second kappa shape index (κ2) is 8.76. The summed E-state index contributed by atoms with van der Waals surface area (Å²) in [6.07, 6.45) is 7.68. The standard InChI is InChI=1S/C22H25ClN2O2S/c23-16-10-8-15(9-11-16)21(27)20-17-6-2-3-7-18(17)28-22(20)24-19(26)14-25-12-4-1-5-13-25/h8-11H,1-7,12-14H2,(H,24,26). The summed E-state index contributed by atoms with van der Waals surface area (Å²) in [5, 5.41) is 4.39. The molecular formula is C22H25ClN2O2S. The summed E-state index contributed by atoms with van der Waals surface area (Å²) in [6, 6.07) is 7.00. The molecule has 4 rings (SSSR count). The molecule has 2 aliphatic rings. The van der Waals surface area contributed by atoms with E-state index in [-0.39, 0.29) is 11.7 Å². The Morgan fingerprint density at radius 1 is 1.00 bits per heavy atom. The maximum atomic E-state index is 13.3. The molecule has 6 heteroatoms. The molecule has 1 aromatic heterocycles. The first-order valence-corrected chi connectivity index (χ1v) is 11.3. The number of likely N-dealkylation sites (tertiary alicyclic amines) is 1. The molecule has 1 saturated heterocycles. The molecule has 0 unspecified atom stereocenters. The number of rotatable bonds is 5. The molecule has 0 spiro atoms. The van der Waals surface area contributed by atoms with E-state index in [1.807, 2.05) is 0 Å². The van der Waals surface area contributed by atoms with Crippen LogP contribution in [0.25, 0.3) is 0 Å². The zero-order valence-electron chi connectivity index (χ0n) is 15.9. The van der Waals surface area contributed by atoms with Crippen molar-refractivity contribution in [3.8, 4) is 0 Å². The van der Waals surface area contributed by atoms with E-state index in [9.17, 15) is 9.59 Å². The summed E-state index contributed by atoms with van der Waals surface area (Å²) in [5.74, 6) is -0.0463. The number of fused-ring (bicyclic) bond motifs is 1. The molecule has 2 aromatic rings. The molecule has 1 fully saturated rings. The van der Waals surface area contributed by atoms with Crippen LogP contribution in [0.2, 0.25) is 5.02 Å². The van der Waals surface area contributed by atoms with Gasteiger partial charge >= 0.3 is 0 Å². The van der Waals surface area contributed by atoms with E-state index in [0.717, 1.165) is 57.2 Å². The van der Waals surface area contributed by atoms with Crippen LogP contribution in [-0.2, 0) is 17.6 Å². The van der Waals surface area contributed by atoms with E-state index in [1.165, 1.54) is 11.3 Å². The van der Waals surface area contributed by atoms with Crippen LogP contribution in [0.5, 0.6) is 0 Å². The van der Waals surface area contributed by atoms with Crippen molar-refractivity contribution in [1.82, 2.24) is 4.90 Å². The third-order valence-electron chi connectivity index (χ3n) is 5.57. The molecular weight excluding hydrogens is 392 g/mol. The second-order valence-corrected chi connectivity index (χ2v) is 9.18. The highest BCUT2D eigenvalue weighted by molar-refractivity contribution is 7.17. The SMILES string of the molecule is O=C(CN1CCCCC1)Nc1sc2c(c1C(=O)c1ccc(Cl)cc1)CCCC2. The third-order valence-corrected chi connectivity index (χ3v) is 7.03. The van der Waals surface area contributed by atoms with Gasteiger partial charge in [-0.05, 0) is 81.4 Å². The maximum absolute atomic E-state index is 13.3. The lowest BCUT2D eigenvalue weighted by atomic mass is 9.92. The van der Waals surface area contributed by atoms with Gasteiger partial charge in [-0.25, -0.2) is 0 Å². The Hall–Kier alpha value is -1.69. The van der Waals surface area contributed by atoms with Gasteiger partial charge in [-0.3, -0.25) is 14.5 Å². The fourth-order valence-corrected chi connectivity index (χ4v) is 5.56. The second-order valence-electron chi connectivity index (χ2n) is 7.64. The molecule has 1 aromatic carbocycles. The van der Waals surface area contributed by atoms with Crippen molar-refractivity contribution in [3.05, 3.63) is 50.9 Å². The molecule has 2 heterocycles. The van der Waals surface area contributed by atoms with Gasteiger partial charge in [0.05, 0.1) is 12.1 Å². The molecule has 1 amide bonds. The number of nitrogens with zero attached hydrogens (tertiary/aromatic N) is 1. The van der Waals surface area contributed by atoms with Crippen molar-refractivity contribution in [1.29, 1.82) is 0 Å². The first kappa shape index (κ1) is 19.6. The van der Waals surface area contributed by atoms with E-state index in [1.54, 1.807) is 35.6 Å². The number of hydrogen-bond acceptors (Lipinski definition) is 4. The van der Waals surface area contributed by atoms with Gasteiger partial charge < -0.3 is 5.32 Å². The minimum absolute atomic E-state index is 0.0225. The summed E-state index contributed by atoms with van der Waals surface area (Å²) in [5.41, 5.74) is 2.43. The van der Waals surface area contributed by atoms with Crippen LogP contribution in [0.3, 0.4) is 0 Å². The molecule has 4 nitrogen and oxygen atoms in total. The molecule has 0 saturated carbocycles. The normalized spacial score (nSPS) is 17.2. The van der Waals surface area contributed by atoms with Crippen LogP contribution in [0, 0.1) is 0 Å². The summed E-state index contributed by atoms with van der Waals surface area (Å²) < 4.78 is 0. The number of hydrogen-bond donors (Lipinski definition) is 1. The monoisotopic (exact) mass is 416 g/mol. The summed E-state index contributed by atoms with van der Waals surface area (Å²) in [7, 11) is 0. The molecule has 148 valence electrons. The van der Waals surface area contributed by atoms with E-state index >= 15 is 0 Å². The van der Waals surface area contributed by atoms with Crippen LogP contribution in [0.15, 0.2) is 24.3 Å². The minimum Gasteiger partial charge on any atom is -0.316 e. The van der Waals surface area contributed by atoms with Gasteiger partial charge in [-0.1, -0.05) is 18.0 Å². The molecule has 1 aliphatic carbocycles.